The molecule has 1 atom stereocenters. The Morgan fingerprint density at radius 1 is 1.05 bits per heavy atom. The molecule has 0 bridgehead atoms. The summed E-state index contributed by atoms with van der Waals surface area (Å²) < 4.78 is 34.5. The number of nitro benzene ring substituents is 1. The lowest BCUT2D eigenvalue weighted by atomic mass is 10.1. The Hall–Kier alpha value is -3.58. The van der Waals surface area contributed by atoms with Crippen molar-refractivity contribution < 1.29 is 27.7 Å². The molecular formula is C28H29Cl3N4O7S. The normalized spacial score (nSPS) is 11.9. The molecule has 0 saturated heterocycles. The number of carbonyl (C=O) groups excluding carboxylic acids is 2. The van der Waals surface area contributed by atoms with Crippen LogP contribution in [-0.2, 0) is 26.2 Å². The van der Waals surface area contributed by atoms with Gasteiger partial charge in [0.15, 0.2) is 0 Å². The van der Waals surface area contributed by atoms with Crippen LogP contribution in [0.2, 0.25) is 15.1 Å². The van der Waals surface area contributed by atoms with Crippen LogP contribution in [0.3, 0.4) is 0 Å². The SMILES string of the molecule is CC[C@H](C(=O)NC)N(Cc1ccc(Cl)cc1Cl)C(=O)CN(c1cc(Cl)ccc1OC)S(=O)(=O)c1ccc(C)c([N+](=O)[O-])c1. The highest BCUT2D eigenvalue weighted by atomic mass is 35.5. The van der Waals surface area contributed by atoms with E-state index in [1.165, 1.54) is 62.4 Å². The van der Waals surface area contributed by atoms with Crippen molar-refractivity contribution in [1.29, 1.82) is 0 Å². The molecule has 0 aliphatic heterocycles. The number of nitro groups is 1. The standard InChI is InChI=1S/C28H29Cl3N4O7S/c1-5-23(28(37)32-3)33(15-18-7-8-19(29)12-22(18)31)27(36)16-34(25-13-20(30)9-11-26(25)42-4)43(40,41)21-10-6-17(2)24(14-21)35(38)39/h6-14,23H,5,15-16H2,1-4H3,(H,32,37)/t23-/m1/s1. The minimum absolute atomic E-state index is 0.0630. The van der Waals surface area contributed by atoms with Gasteiger partial charge in [-0.15, -0.1) is 0 Å². The highest BCUT2D eigenvalue weighted by Crippen LogP contribution is 2.36. The summed E-state index contributed by atoms with van der Waals surface area (Å²) in [5.41, 5.74) is 0.194. The Labute approximate surface area is 264 Å². The van der Waals surface area contributed by atoms with E-state index < -0.39 is 49.9 Å². The zero-order valence-electron chi connectivity index (χ0n) is 23.6. The molecule has 0 unspecified atom stereocenters. The van der Waals surface area contributed by atoms with Gasteiger partial charge < -0.3 is 15.0 Å². The fraction of sp³-hybridized carbons (Fsp3) is 0.286. The summed E-state index contributed by atoms with van der Waals surface area (Å²) in [6.45, 7) is 2.19. The van der Waals surface area contributed by atoms with Gasteiger partial charge >= 0.3 is 0 Å². The first-order chi connectivity index (χ1) is 20.2. The molecule has 0 aliphatic carbocycles. The minimum atomic E-state index is -4.65. The van der Waals surface area contributed by atoms with Gasteiger partial charge in [-0.2, -0.15) is 0 Å². The van der Waals surface area contributed by atoms with Gasteiger partial charge in [-0.1, -0.05) is 53.9 Å². The number of amides is 2. The molecule has 0 fully saturated rings. The minimum Gasteiger partial charge on any atom is -0.495 e. The summed E-state index contributed by atoms with van der Waals surface area (Å²) in [4.78, 5) is 38.7. The summed E-state index contributed by atoms with van der Waals surface area (Å²) in [5.74, 6) is -1.19. The quantitative estimate of drug-likeness (QED) is 0.195. The van der Waals surface area contributed by atoms with E-state index in [1.807, 2.05) is 0 Å². The van der Waals surface area contributed by atoms with Gasteiger partial charge in [0.25, 0.3) is 15.7 Å². The number of rotatable bonds is 12. The van der Waals surface area contributed by atoms with Crippen LogP contribution in [0.25, 0.3) is 0 Å². The fourth-order valence-corrected chi connectivity index (χ4v) is 6.44. The second kappa shape index (κ2) is 14.3. The number of hydrogen-bond donors (Lipinski definition) is 1. The topological polar surface area (TPSA) is 139 Å². The largest absolute Gasteiger partial charge is 0.495 e. The van der Waals surface area contributed by atoms with E-state index in [4.69, 9.17) is 39.5 Å². The molecule has 2 amide bonds. The average molecular weight is 672 g/mol. The van der Waals surface area contributed by atoms with Crippen LogP contribution in [0.5, 0.6) is 5.75 Å². The van der Waals surface area contributed by atoms with E-state index in [0.29, 0.717) is 10.6 Å². The second-order valence-electron chi connectivity index (χ2n) is 9.33. The molecule has 3 rings (SSSR count). The molecule has 0 saturated carbocycles. The van der Waals surface area contributed by atoms with E-state index in [1.54, 1.807) is 19.1 Å². The number of halogens is 3. The van der Waals surface area contributed by atoms with Crippen LogP contribution in [0.1, 0.15) is 24.5 Å². The van der Waals surface area contributed by atoms with Gasteiger partial charge in [0.1, 0.15) is 18.3 Å². The Morgan fingerprint density at radius 2 is 1.70 bits per heavy atom. The molecule has 1 N–H and O–H groups in total. The predicted octanol–water partition coefficient (Wildman–Crippen LogP) is 5.62. The molecule has 43 heavy (non-hydrogen) atoms. The average Bonchev–Trinajstić information content (AvgIpc) is 2.96. The Balaban J connectivity index is 2.21. The van der Waals surface area contributed by atoms with Gasteiger partial charge in [0, 0.05) is 40.3 Å². The Morgan fingerprint density at radius 3 is 2.28 bits per heavy atom. The maximum Gasteiger partial charge on any atom is 0.273 e. The Bertz CT molecular complexity index is 1650. The first-order valence-corrected chi connectivity index (χ1v) is 15.4. The number of nitrogens with one attached hydrogen (secondary N) is 1. The third-order valence-electron chi connectivity index (χ3n) is 6.64. The summed E-state index contributed by atoms with van der Waals surface area (Å²) in [5, 5.41) is 14.9. The van der Waals surface area contributed by atoms with E-state index in [2.05, 4.69) is 5.32 Å². The smallest absolute Gasteiger partial charge is 0.273 e. The third kappa shape index (κ3) is 7.69. The van der Waals surface area contributed by atoms with Crippen molar-refractivity contribution in [2.45, 2.75) is 37.8 Å². The van der Waals surface area contributed by atoms with Gasteiger partial charge in [0.2, 0.25) is 11.8 Å². The van der Waals surface area contributed by atoms with Gasteiger partial charge in [-0.05, 0) is 55.3 Å². The molecule has 3 aromatic rings. The third-order valence-corrected chi connectivity index (χ3v) is 9.22. The van der Waals surface area contributed by atoms with Crippen molar-refractivity contribution in [1.82, 2.24) is 10.2 Å². The number of anilines is 1. The molecule has 0 aromatic heterocycles. The lowest BCUT2D eigenvalue weighted by Gasteiger charge is -2.33. The lowest BCUT2D eigenvalue weighted by molar-refractivity contribution is -0.385. The van der Waals surface area contributed by atoms with E-state index in [-0.39, 0.29) is 40.0 Å². The van der Waals surface area contributed by atoms with Crippen LogP contribution in [0.15, 0.2) is 59.5 Å². The lowest BCUT2D eigenvalue weighted by Crippen LogP contribution is -2.51. The number of sulfonamides is 1. The molecule has 0 spiro atoms. The monoisotopic (exact) mass is 670 g/mol. The van der Waals surface area contributed by atoms with Gasteiger partial charge in [0.05, 0.1) is 22.6 Å². The second-order valence-corrected chi connectivity index (χ2v) is 12.5. The molecule has 11 nitrogen and oxygen atoms in total. The van der Waals surface area contributed by atoms with Crippen molar-refractivity contribution >= 4 is 68.0 Å². The van der Waals surface area contributed by atoms with Gasteiger partial charge in [-0.25, -0.2) is 8.42 Å². The molecule has 0 radical (unpaired) electrons. The molecule has 230 valence electrons. The van der Waals surface area contributed by atoms with Crippen LogP contribution in [-0.4, -0.2) is 56.8 Å². The fourth-order valence-electron chi connectivity index (χ4n) is 4.36. The number of aryl methyl sites for hydroxylation is 1. The number of likely N-dealkylation sites (N-methyl/N-ethyl adjacent to an activating group) is 1. The highest BCUT2D eigenvalue weighted by molar-refractivity contribution is 7.92. The van der Waals surface area contributed by atoms with E-state index in [9.17, 15) is 28.1 Å². The first-order valence-electron chi connectivity index (χ1n) is 12.8. The first kappa shape index (κ1) is 33.9. The molecule has 15 heteroatoms. The van der Waals surface area contributed by atoms with Crippen LogP contribution >= 0.6 is 34.8 Å². The number of benzene rings is 3. The number of nitrogens with zero attached hydrogens (tertiary/aromatic N) is 3. The van der Waals surface area contributed by atoms with E-state index >= 15 is 0 Å². The summed E-state index contributed by atoms with van der Waals surface area (Å²) in [7, 11) is -1.92. The maximum atomic E-state index is 14.2. The van der Waals surface area contributed by atoms with Crippen molar-refractivity contribution in [3.8, 4) is 5.75 Å². The zero-order chi connectivity index (χ0) is 32.1. The predicted molar refractivity (Wildman–Crippen MR) is 166 cm³/mol. The molecular weight excluding hydrogens is 643 g/mol. The summed E-state index contributed by atoms with van der Waals surface area (Å²) in [6, 6.07) is 11.3. The van der Waals surface area contributed by atoms with Crippen molar-refractivity contribution in [2.75, 3.05) is 25.0 Å². The Kier molecular flexibility index (Phi) is 11.2. The summed E-state index contributed by atoms with van der Waals surface area (Å²) >= 11 is 18.7. The van der Waals surface area contributed by atoms with Crippen LogP contribution in [0, 0.1) is 17.0 Å². The van der Waals surface area contributed by atoms with E-state index in [0.717, 1.165) is 10.4 Å². The number of hydrogen-bond acceptors (Lipinski definition) is 7. The molecule has 0 heterocycles. The number of carbonyl (C=O) groups is 2. The van der Waals surface area contributed by atoms with Crippen molar-refractivity contribution in [3.05, 3.63) is 90.9 Å². The summed E-state index contributed by atoms with van der Waals surface area (Å²) in [6.07, 6.45) is 0.189. The van der Waals surface area contributed by atoms with Crippen molar-refractivity contribution in [2.24, 2.45) is 0 Å². The highest BCUT2D eigenvalue weighted by Gasteiger charge is 2.35. The maximum absolute atomic E-state index is 14.2. The van der Waals surface area contributed by atoms with Crippen LogP contribution < -0.4 is 14.4 Å². The zero-order valence-corrected chi connectivity index (χ0v) is 26.7. The number of methoxy groups -OCH3 is 1. The molecule has 0 aliphatic rings. The molecule has 3 aromatic carbocycles. The number of ether oxygens (including phenoxy) is 1. The van der Waals surface area contributed by atoms with Crippen molar-refractivity contribution in [3.63, 3.8) is 0 Å². The van der Waals surface area contributed by atoms with Gasteiger partial charge in [-0.3, -0.25) is 24.0 Å². The van der Waals surface area contributed by atoms with Crippen LogP contribution in [0.4, 0.5) is 11.4 Å².